The average molecular weight is 111 g/mol. The Kier molecular flexibility index (Phi) is 1.04. The summed E-state index contributed by atoms with van der Waals surface area (Å²) in [6.07, 6.45) is 7.25. The van der Waals surface area contributed by atoms with E-state index in [9.17, 15) is 0 Å². The number of nitrogens with one attached hydrogen (secondary N) is 1. The first-order valence-corrected chi connectivity index (χ1v) is 3.71. The monoisotopic (exact) mass is 111 g/mol. The minimum absolute atomic E-state index is 0.911. The van der Waals surface area contributed by atoms with E-state index in [1.807, 2.05) is 0 Å². The van der Waals surface area contributed by atoms with E-state index in [0.29, 0.717) is 0 Å². The number of piperidine rings is 1. The van der Waals surface area contributed by atoms with Crippen LogP contribution in [0, 0.1) is 0 Å². The zero-order valence-corrected chi connectivity index (χ0v) is 5.19. The number of rotatable bonds is 0. The molecule has 0 spiro atoms. The molecule has 8 heavy (non-hydrogen) atoms. The van der Waals surface area contributed by atoms with E-state index in [4.69, 9.17) is 0 Å². The van der Waals surface area contributed by atoms with E-state index < -0.39 is 0 Å². The Morgan fingerprint density at radius 3 is 2.00 bits per heavy atom. The van der Waals surface area contributed by atoms with Crippen LogP contribution in [-0.4, -0.2) is 12.1 Å². The van der Waals surface area contributed by atoms with Crippen molar-refractivity contribution in [2.75, 3.05) is 0 Å². The summed E-state index contributed by atoms with van der Waals surface area (Å²) in [7, 11) is 0. The Morgan fingerprint density at radius 2 is 1.50 bits per heavy atom. The largest absolute Gasteiger partial charge is 0.311 e. The molecule has 0 saturated carbocycles. The van der Waals surface area contributed by atoms with Crippen LogP contribution >= 0.6 is 0 Å². The molecule has 2 atom stereocenters. The summed E-state index contributed by atoms with van der Waals surface area (Å²) in [6.45, 7) is 0. The zero-order valence-electron chi connectivity index (χ0n) is 5.19. The summed E-state index contributed by atoms with van der Waals surface area (Å²) in [5.74, 6) is 0. The second-order valence-corrected chi connectivity index (χ2v) is 3.07. The van der Waals surface area contributed by atoms with E-state index in [1.165, 1.54) is 32.1 Å². The normalized spacial score (nSPS) is 45.0. The third-order valence-corrected chi connectivity index (χ3v) is 2.44. The van der Waals surface area contributed by atoms with Crippen LogP contribution in [-0.2, 0) is 0 Å². The van der Waals surface area contributed by atoms with Crippen LogP contribution < -0.4 is 5.32 Å². The molecule has 2 aliphatic heterocycles. The van der Waals surface area contributed by atoms with Crippen molar-refractivity contribution >= 4 is 0 Å². The van der Waals surface area contributed by atoms with Crippen molar-refractivity contribution in [1.29, 1.82) is 0 Å². The van der Waals surface area contributed by atoms with Gasteiger partial charge >= 0.3 is 0 Å². The molecule has 0 radical (unpaired) electrons. The molecule has 1 N–H and O–H groups in total. The molecule has 2 saturated heterocycles. The van der Waals surface area contributed by atoms with E-state index in [1.54, 1.807) is 0 Å². The number of hydrogen-bond donors (Lipinski definition) is 1. The molecule has 1 heteroatoms. The lowest BCUT2D eigenvalue weighted by molar-refractivity contribution is 0.406. The molecule has 2 bridgehead atoms. The van der Waals surface area contributed by atoms with Crippen molar-refractivity contribution in [3.05, 3.63) is 0 Å². The van der Waals surface area contributed by atoms with Crippen molar-refractivity contribution in [2.45, 2.75) is 44.2 Å². The molecule has 2 rings (SSSR count). The van der Waals surface area contributed by atoms with Crippen molar-refractivity contribution < 1.29 is 0 Å². The lowest BCUT2D eigenvalue weighted by Crippen LogP contribution is -2.33. The van der Waals surface area contributed by atoms with Gasteiger partial charge in [0.15, 0.2) is 0 Å². The van der Waals surface area contributed by atoms with Gasteiger partial charge in [-0.3, -0.25) is 0 Å². The highest BCUT2D eigenvalue weighted by Gasteiger charge is 2.26. The van der Waals surface area contributed by atoms with Crippen LogP contribution in [0.15, 0.2) is 0 Å². The van der Waals surface area contributed by atoms with Gasteiger partial charge in [0.05, 0.1) is 0 Å². The topological polar surface area (TPSA) is 12.0 Å². The molecule has 46 valence electrons. The van der Waals surface area contributed by atoms with Gasteiger partial charge in [-0.25, -0.2) is 0 Å². The van der Waals surface area contributed by atoms with E-state index in [0.717, 1.165) is 12.1 Å². The average Bonchev–Trinajstić information content (AvgIpc) is 2.12. The van der Waals surface area contributed by atoms with Crippen molar-refractivity contribution in [2.24, 2.45) is 0 Å². The van der Waals surface area contributed by atoms with E-state index >= 15 is 0 Å². The number of hydrogen-bond acceptors (Lipinski definition) is 1. The summed E-state index contributed by atoms with van der Waals surface area (Å²) in [5, 5.41) is 3.59. The highest BCUT2D eigenvalue weighted by atomic mass is 15.0. The number of fused-ring (bicyclic) bond motifs is 2. The predicted molar refractivity (Wildman–Crippen MR) is 33.8 cm³/mol. The molecule has 0 aromatic rings. The van der Waals surface area contributed by atoms with Gasteiger partial charge in [-0.2, -0.15) is 0 Å². The van der Waals surface area contributed by atoms with E-state index in [-0.39, 0.29) is 0 Å². The van der Waals surface area contributed by atoms with Gasteiger partial charge in [0.1, 0.15) is 0 Å². The van der Waals surface area contributed by atoms with Gasteiger partial charge in [0.2, 0.25) is 0 Å². The minimum Gasteiger partial charge on any atom is -0.311 e. The summed E-state index contributed by atoms with van der Waals surface area (Å²) >= 11 is 0. The minimum atomic E-state index is 0.911. The molecule has 2 heterocycles. The quantitative estimate of drug-likeness (QED) is 0.496. The van der Waals surface area contributed by atoms with Gasteiger partial charge in [0, 0.05) is 12.1 Å². The standard InChI is InChI=1S/C7H13N/c1-2-6-4-5-7(3-1)8-6/h6-8H,1-5H2/t6-,7-/m0/s1. The summed E-state index contributed by atoms with van der Waals surface area (Å²) in [5.41, 5.74) is 0. The third kappa shape index (κ3) is 0.655. The molecule has 2 fully saturated rings. The second kappa shape index (κ2) is 1.73. The van der Waals surface area contributed by atoms with E-state index in [2.05, 4.69) is 5.32 Å². The molecule has 0 aromatic heterocycles. The van der Waals surface area contributed by atoms with Gasteiger partial charge in [-0.1, -0.05) is 6.42 Å². The van der Waals surface area contributed by atoms with Crippen LogP contribution in [0.3, 0.4) is 0 Å². The Hall–Kier alpha value is -0.0400. The molecular weight excluding hydrogens is 98.1 g/mol. The van der Waals surface area contributed by atoms with Crippen LogP contribution in [0.2, 0.25) is 0 Å². The fourth-order valence-corrected chi connectivity index (χ4v) is 1.97. The highest BCUT2D eigenvalue weighted by Crippen LogP contribution is 2.25. The molecule has 0 unspecified atom stereocenters. The fourth-order valence-electron chi connectivity index (χ4n) is 1.97. The van der Waals surface area contributed by atoms with Gasteiger partial charge in [-0.05, 0) is 25.7 Å². The smallest absolute Gasteiger partial charge is 0.00702 e. The molecular formula is C7H13N. The van der Waals surface area contributed by atoms with Crippen LogP contribution in [0.25, 0.3) is 0 Å². The van der Waals surface area contributed by atoms with Gasteiger partial charge in [-0.15, -0.1) is 0 Å². The Bertz CT molecular complexity index is 76.4. The van der Waals surface area contributed by atoms with Crippen LogP contribution in [0.4, 0.5) is 0 Å². The molecule has 0 amide bonds. The maximum atomic E-state index is 3.59. The SMILES string of the molecule is C1C[C@H]2CC[C@H](C1)N2. The summed E-state index contributed by atoms with van der Waals surface area (Å²) < 4.78 is 0. The lowest BCUT2D eigenvalue weighted by Gasteiger charge is -2.19. The first kappa shape index (κ1) is 4.80. The Balaban J connectivity index is 2.03. The second-order valence-electron chi connectivity index (χ2n) is 3.07. The first-order chi connectivity index (χ1) is 3.95. The molecule has 1 nitrogen and oxygen atoms in total. The van der Waals surface area contributed by atoms with Crippen LogP contribution in [0.1, 0.15) is 32.1 Å². The fraction of sp³-hybridized carbons (Fsp3) is 1.00. The van der Waals surface area contributed by atoms with Gasteiger partial charge in [0.25, 0.3) is 0 Å². The van der Waals surface area contributed by atoms with Crippen molar-refractivity contribution in [1.82, 2.24) is 5.32 Å². The summed E-state index contributed by atoms with van der Waals surface area (Å²) in [6, 6.07) is 1.82. The molecule has 2 aliphatic rings. The summed E-state index contributed by atoms with van der Waals surface area (Å²) in [4.78, 5) is 0. The molecule has 0 aliphatic carbocycles. The lowest BCUT2D eigenvalue weighted by atomic mass is 10.1. The molecule has 0 aromatic carbocycles. The van der Waals surface area contributed by atoms with Gasteiger partial charge < -0.3 is 5.32 Å². The Morgan fingerprint density at radius 1 is 0.875 bits per heavy atom. The van der Waals surface area contributed by atoms with Crippen LogP contribution in [0.5, 0.6) is 0 Å². The first-order valence-electron chi connectivity index (χ1n) is 3.71. The Labute approximate surface area is 50.5 Å². The highest BCUT2D eigenvalue weighted by molar-refractivity contribution is 4.87. The zero-order chi connectivity index (χ0) is 5.40. The maximum absolute atomic E-state index is 3.59. The third-order valence-electron chi connectivity index (χ3n) is 2.44. The van der Waals surface area contributed by atoms with Crippen molar-refractivity contribution in [3.8, 4) is 0 Å². The predicted octanol–water partition coefficient (Wildman–Crippen LogP) is 1.29. The van der Waals surface area contributed by atoms with Crippen molar-refractivity contribution in [3.63, 3.8) is 0 Å². The maximum Gasteiger partial charge on any atom is 0.00702 e.